The van der Waals surface area contributed by atoms with Crippen molar-refractivity contribution in [2.24, 2.45) is 0 Å². The first-order valence-corrected chi connectivity index (χ1v) is 5.83. The zero-order chi connectivity index (χ0) is 12.7. The number of imidazole rings is 1. The normalized spacial score (nSPS) is 11.0. The average molecular weight is 238 g/mol. The van der Waals surface area contributed by atoms with Crippen LogP contribution in [-0.4, -0.2) is 15.0 Å². The largest absolute Gasteiger partial charge is 0.399 e. The summed E-state index contributed by atoms with van der Waals surface area (Å²) in [6, 6.07) is 9.86. The fourth-order valence-corrected chi connectivity index (χ4v) is 1.95. The van der Waals surface area contributed by atoms with E-state index in [2.05, 4.69) is 15.0 Å². The van der Waals surface area contributed by atoms with Crippen molar-refractivity contribution in [3.63, 3.8) is 0 Å². The summed E-state index contributed by atoms with van der Waals surface area (Å²) in [6.07, 6.45) is 0. The molecule has 0 bridgehead atoms. The zero-order valence-corrected chi connectivity index (χ0v) is 10.4. The number of nitrogens with one attached hydrogen (secondary N) is 1. The molecule has 0 spiro atoms. The second kappa shape index (κ2) is 3.84. The Morgan fingerprint density at radius 1 is 1.06 bits per heavy atom. The van der Waals surface area contributed by atoms with Crippen molar-refractivity contribution in [1.29, 1.82) is 0 Å². The van der Waals surface area contributed by atoms with Crippen LogP contribution in [0.2, 0.25) is 0 Å². The van der Waals surface area contributed by atoms with Gasteiger partial charge < -0.3 is 10.7 Å². The Labute approximate surface area is 105 Å². The summed E-state index contributed by atoms with van der Waals surface area (Å²) in [5.74, 6) is 0.825. The number of fused-ring (bicyclic) bond motifs is 1. The van der Waals surface area contributed by atoms with E-state index >= 15 is 0 Å². The van der Waals surface area contributed by atoms with Crippen LogP contribution in [-0.2, 0) is 0 Å². The maximum Gasteiger partial charge on any atom is 0.178 e. The van der Waals surface area contributed by atoms with Gasteiger partial charge in [0.25, 0.3) is 0 Å². The Hall–Kier alpha value is -2.36. The van der Waals surface area contributed by atoms with Gasteiger partial charge in [-0.2, -0.15) is 0 Å². The molecule has 0 atom stereocenters. The molecular weight excluding hydrogens is 224 g/mol. The van der Waals surface area contributed by atoms with Crippen molar-refractivity contribution in [1.82, 2.24) is 15.0 Å². The highest BCUT2D eigenvalue weighted by Crippen LogP contribution is 2.23. The molecule has 3 aromatic rings. The molecular formula is C14H14N4. The number of H-pyrrole nitrogens is 1. The highest BCUT2D eigenvalue weighted by atomic mass is 15.0. The molecule has 3 N–H and O–H groups in total. The summed E-state index contributed by atoms with van der Waals surface area (Å²) >= 11 is 0. The van der Waals surface area contributed by atoms with Crippen LogP contribution in [0.15, 0.2) is 30.3 Å². The molecule has 18 heavy (non-hydrogen) atoms. The van der Waals surface area contributed by atoms with Crippen LogP contribution >= 0.6 is 0 Å². The molecule has 3 rings (SSSR count). The maximum absolute atomic E-state index is 5.82. The number of aryl methyl sites for hydroxylation is 2. The summed E-state index contributed by atoms with van der Waals surface area (Å²) in [6.45, 7) is 3.95. The molecule has 4 heteroatoms. The number of rotatable bonds is 1. The van der Waals surface area contributed by atoms with Crippen LogP contribution in [0.3, 0.4) is 0 Å². The van der Waals surface area contributed by atoms with Gasteiger partial charge in [-0.3, -0.25) is 0 Å². The summed E-state index contributed by atoms with van der Waals surface area (Å²) in [5, 5.41) is 0. The SMILES string of the molecule is Cc1ccc2[nH]c(-c3ccc(N)c(C)c3)nc2n1. The van der Waals surface area contributed by atoms with Crippen molar-refractivity contribution < 1.29 is 0 Å². The highest BCUT2D eigenvalue weighted by molar-refractivity contribution is 5.76. The molecule has 0 aliphatic rings. The standard InChI is InChI=1S/C14H14N4/c1-8-7-10(4-5-11(8)15)13-17-12-6-3-9(2)16-14(12)18-13/h3-7H,15H2,1-2H3,(H,16,17,18). The lowest BCUT2D eigenvalue weighted by Crippen LogP contribution is -1.90. The summed E-state index contributed by atoms with van der Waals surface area (Å²) < 4.78 is 0. The van der Waals surface area contributed by atoms with Crippen molar-refractivity contribution in [2.45, 2.75) is 13.8 Å². The Bertz CT molecular complexity index is 728. The monoisotopic (exact) mass is 238 g/mol. The predicted octanol–water partition coefficient (Wildman–Crippen LogP) is 2.82. The van der Waals surface area contributed by atoms with Crippen LogP contribution in [0.1, 0.15) is 11.3 Å². The van der Waals surface area contributed by atoms with E-state index in [0.29, 0.717) is 0 Å². The van der Waals surface area contributed by atoms with Crippen molar-refractivity contribution in [3.05, 3.63) is 41.6 Å². The van der Waals surface area contributed by atoms with Crippen molar-refractivity contribution in [3.8, 4) is 11.4 Å². The third-order valence-corrected chi connectivity index (χ3v) is 3.03. The van der Waals surface area contributed by atoms with E-state index in [1.54, 1.807) is 0 Å². The van der Waals surface area contributed by atoms with E-state index in [0.717, 1.165) is 39.5 Å². The molecule has 4 nitrogen and oxygen atoms in total. The summed E-state index contributed by atoms with van der Waals surface area (Å²) in [5.41, 5.74) is 11.4. The van der Waals surface area contributed by atoms with Gasteiger partial charge in [-0.15, -0.1) is 0 Å². The molecule has 0 aliphatic carbocycles. The Balaban J connectivity index is 2.16. The molecule has 90 valence electrons. The first-order chi connectivity index (χ1) is 8.63. The fourth-order valence-electron chi connectivity index (χ4n) is 1.95. The minimum Gasteiger partial charge on any atom is -0.399 e. The zero-order valence-electron chi connectivity index (χ0n) is 10.4. The molecule has 1 aromatic carbocycles. The van der Waals surface area contributed by atoms with E-state index in [1.165, 1.54) is 0 Å². The Kier molecular flexibility index (Phi) is 2.30. The van der Waals surface area contributed by atoms with Crippen molar-refractivity contribution >= 4 is 16.9 Å². The quantitative estimate of drug-likeness (QED) is 0.640. The number of benzene rings is 1. The lowest BCUT2D eigenvalue weighted by Gasteiger charge is -2.01. The van der Waals surface area contributed by atoms with E-state index in [4.69, 9.17) is 5.73 Å². The molecule has 0 amide bonds. The third kappa shape index (κ3) is 1.72. The fraction of sp³-hybridized carbons (Fsp3) is 0.143. The lowest BCUT2D eigenvalue weighted by molar-refractivity contribution is 1.22. The van der Waals surface area contributed by atoms with E-state index < -0.39 is 0 Å². The van der Waals surface area contributed by atoms with Gasteiger partial charge in [-0.05, 0) is 49.7 Å². The minimum absolute atomic E-state index is 0.750. The number of nitrogen functional groups attached to an aromatic ring is 1. The number of pyridine rings is 1. The van der Waals surface area contributed by atoms with Gasteiger partial charge in [0, 0.05) is 16.9 Å². The third-order valence-electron chi connectivity index (χ3n) is 3.03. The van der Waals surface area contributed by atoms with Gasteiger partial charge in [-0.1, -0.05) is 0 Å². The maximum atomic E-state index is 5.82. The molecule has 0 unspecified atom stereocenters. The van der Waals surface area contributed by atoms with Gasteiger partial charge in [0.15, 0.2) is 5.65 Å². The number of aromatic nitrogens is 3. The summed E-state index contributed by atoms with van der Waals surface area (Å²) in [7, 11) is 0. The van der Waals surface area contributed by atoms with Crippen LogP contribution in [0.4, 0.5) is 5.69 Å². The smallest absolute Gasteiger partial charge is 0.178 e. The first-order valence-electron chi connectivity index (χ1n) is 5.83. The van der Waals surface area contributed by atoms with Crippen LogP contribution < -0.4 is 5.73 Å². The van der Waals surface area contributed by atoms with E-state index in [-0.39, 0.29) is 0 Å². The van der Waals surface area contributed by atoms with Crippen LogP contribution in [0.25, 0.3) is 22.6 Å². The lowest BCUT2D eigenvalue weighted by atomic mass is 10.1. The van der Waals surface area contributed by atoms with E-state index in [1.807, 2.05) is 44.2 Å². The topological polar surface area (TPSA) is 67.6 Å². The van der Waals surface area contributed by atoms with Gasteiger partial charge in [0.05, 0.1) is 5.52 Å². The molecule has 2 aromatic heterocycles. The second-order valence-corrected chi connectivity index (χ2v) is 4.48. The Morgan fingerprint density at radius 3 is 2.67 bits per heavy atom. The summed E-state index contributed by atoms with van der Waals surface area (Å²) in [4.78, 5) is 12.2. The van der Waals surface area contributed by atoms with Gasteiger partial charge in [0.2, 0.25) is 0 Å². The number of hydrogen-bond acceptors (Lipinski definition) is 3. The number of anilines is 1. The number of nitrogens with two attached hydrogens (primary N) is 1. The first kappa shape index (κ1) is 10.8. The van der Waals surface area contributed by atoms with Crippen LogP contribution in [0.5, 0.6) is 0 Å². The Morgan fingerprint density at radius 2 is 1.89 bits per heavy atom. The van der Waals surface area contributed by atoms with Gasteiger partial charge in [-0.25, -0.2) is 9.97 Å². The predicted molar refractivity (Wildman–Crippen MR) is 73.2 cm³/mol. The molecule has 0 saturated carbocycles. The van der Waals surface area contributed by atoms with Gasteiger partial charge in [0.1, 0.15) is 5.82 Å². The molecule has 0 aliphatic heterocycles. The molecule has 2 heterocycles. The van der Waals surface area contributed by atoms with Gasteiger partial charge >= 0.3 is 0 Å². The molecule has 0 fully saturated rings. The second-order valence-electron chi connectivity index (χ2n) is 4.48. The van der Waals surface area contributed by atoms with Crippen molar-refractivity contribution in [2.75, 3.05) is 5.73 Å². The minimum atomic E-state index is 0.750. The van der Waals surface area contributed by atoms with E-state index in [9.17, 15) is 0 Å². The van der Waals surface area contributed by atoms with Crippen LogP contribution in [0, 0.1) is 13.8 Å². The molecule has 0 radical (unpaired) electrons. The molecule has 0 saturated heterocycles. The number of nitrogens with zero attached hydrogens (tertiary/aromatic N) is 2. The number of aromatic amines is 1. The average Bonchev–Trinajstić information content (AvgIpc) is 2.75. The number of hydrogen-bond donors (Lipinski definition) is 2. The highest BCUT2D eigenvalue weighted by Gasteiger charge is 2.07.